The third kappa shape index (κ3) is 2.77. The number of aryl methyl sites for hydroxylation is 1. The number of furan rings is 1. The Labute approximate surface area is 141 Å². The first-order chi connectivity index (χ1) is 11.7. The predicted molar refractivity (Wildman–Crippen MR) is 90.2 cm³/mol. The molecule has 0 aliphatic carbocycles. The monoisotopic (exact) mass is 326 g/mol. The third-order valence-electron chi connectivity index (χ3n) is 4.98. The fourth-order valence-corrected chi connectivity index (χ4v) is 3.60. The molecule has 0 spiro atoms. The Morgan fingerprint density at radius 1 is 1.12 bits per heavy atom. The van der Waals surface area contributed by atoms with E-state index in [-0.39, 0.29) is 5.91 Å². The van der Waals surface area contributed by atoms with E-state index in [4.69, 9.17) is 14.4 Å². The molecule has 4 rings (SSSR count). The number of carbonyl (C=O) groups is 1. The molecule has 126 valence electrons. The van der Waals surface area contributed by atoms with Crippen LogP contribution in [0.5, 0.6) is 0 Å². The first-order valence-corrected chi connectivity index (χ1v) is 8.65. The van der Waals surface area contributed by atoms with Crippen LogP contribution < -0.4 is 4.90 Å². The van der Waals surface area contributed by atoms with Crippen LogP contribution in [0.2, 0.25) is 0 Å². The Balaban J connectivity index is 1.56. The smallest absolute Gasteiger partial charge is 0.257 e. The van der Waals surface area contributed by atoms with Gasteiger partial charge < -0.3 is 14.2 Å². The molecule has 2 aliphatic heterocycles. The molecule has 1 saturated heterocycles. The summed E-state index contributed by atoms with van der Waals surface area (Å²) in [6.07, 6.45) is 7.07. The molecule has 0 radical (unpaired) electrons. The summed E-state index contributed by atoms with van der Waals surface area (Å²) in [7, 11) is 0. The second-order valence-corrected chi connectivity index (χ2v) is 6.53. The van der Waals surface area contributed by atoms with E-state index in [2.05, 4.69) is 11.8 Å². The Bertz CT molecular complexity index is 736. The first-order valence-electron chi connectivity index (χ1n) is 8.65. The minimum atomic E-state index is 0.0296. The summed E-state index contributed by atoms with van der Waals surface area (Å²) in [4.78, 5) is 26.3. The van der Waals surface area contributed by atoms with Gasteiger partial charge in [-0.25, -0.2) is 9.97 Å². The number of anilines is 1. The number of aromatic nitrogens is 2. The van der Waals surface area contributed by atoms with Gasteiger partial charge in [-0.1, -0.05) is 0 Å². The van der Waals surface area contributed by atoms with Crippen molar-refractivity contribution in [3.05, 3.63) is 41.1 Å². The molecular formula is C18H22N4O2. The Morgan fingerprint density at radius 2 is 1.92 bits per heavy atom. The van der Waals surface area contributed by atoms with E-state index in [1.807, 2.05) is 4.90 Å². The average molecular weight is 326 g/mol. The minimum absolute atomic E-state index is 0.0296. The van der Waals surface area contributed by atoms with Gasteiger partial charge in [-0.15, -0.1) is 0 Å². The van der Waals surface area contributed by atoms with Gasteiger partial charge in [0.15, 0.2) is 0 Å². The molecule has 2 aromatic rings. The number of amides is 1. The topological polar surface area (TPSA) is 62.5 Å². The Kier molecular flexibility index (Phi) is 3.96. The van der Waals surface area contributed by atoms with Crippen molar-refractivity contribution >= 4 is 11.9 Å². The number of nitrogens with zero attached hydrogens (tertiary/aromatic N) is 4. The zero-order valence-corrected chi connectivity index (χ0v) is 14.0. The molecule has 4 heterocycles. The summed E-state index contributed by atoms with van der Waals surface area (Å²) in [5.74, 6) is 0.889. The third-order valence-corrected chi connectivity index (χ3v) is 4.98. The summed E-state index contributed by atoms with van der Waals surface area (Å²) in [6, 6.07) is 1.72. The van der Waals surface area contributed by atoms with Crippen molar-refractivity contribution in [2.24, 2.45) is 0 Å². The lowest BCUT2D eigenvalue weighted by atomic mass is 10.1. The van der Waals surface area contributed by atoms with Crippen molar-refractivity contribution in [2.75, 3.05) is 31.1 Å². The van der Waals surface area contributed by atoms with E-state index in [0.717, 1.165) is 43.3 Å². The van der Waals surface area contributed by atoms with Crippen molar-refractivity contribution in [3.8, 4) is 0 Å². The fourth-order valence-electron chi connectivity index (χ4n) is 3.60. The molecule has 0 N–H and O–H groups in total. The van der Waals surface area contributed by atoms with Crippen LogP contribution in [0, 0.1) is 6.92 Å². The van der Waals surface area contributed by atoms with Gasteiger partial charge in [0, 0.05) is 38.3 Å². The summed E-state index contributed by atoms with van der Waals surface area (Å²) < 4.78 is 5.04. The predicted octanol–water partition coefficient (Wildman–Crippen LogP) is 2.22. The van der Waals surface area contributed by atoms with Gasteiger partial charge in [0.1, 0.15) is 6.26 Å². The second kappa shape index (κ2) is 6.26. The highest BCUT2D eigenvalue weighted by Gasteiger charge is 2.24. The van der Waals surface area contributed by atoms with Gasteiger partial charge in [-0.2, -0.15) is 0 Å². The molecule has 0 atom stereocenters. The molecule has 0 bridgehead atoms. The van der Waals surface area contributed by atoms with E-state index in [1.54, 1.807) is 6.07 Å². The number of fused-ring (bicyclic) bond motifs is 1. The lowest BCUT2D eigenvalue weighted by Gasteiger charge is -2.19. The standard InChI is InChI=1S/C18H22N4O2/c1-13-15-4-9-21(17(23)14-6-11-24-12-14)10-5-16(15)20-18(19-13)22-7-2-3-8-22/h6,11-12H,2-5,7-10H2,1H3. The fraction of sp³-hybridized carbons (Fsp3) is 0.500. The van der Waals surface area contributed by atoms with Crippen LogP contribution in [0.3, 0.4) is 0 Å². The van der Waals surface area contributed by atoms with E-state index in [1.165, 1.54) is 30.9 Å². The quantitative estimate of drug-likeness (QED) is 0.847. The van der Waals surface area contributed by atoms with Crippen LogP contribution in [0.15, 0.2) is 23.0 Å². The lowest BCUT2D eigenvalue weighted by Crippen LogP contribution is -2.33. The van der Waals surface area contributed by atoms with E-state index < -0.39 is 0 Å². The number of hydrogen-bond acceptors (Lipinski definition) is 5. The molecular weight excluding hydrogens is 304 g/mol. The molecule has 1 amide bonds. The SMILES string of the molecule is Cc1nc(N2CCCC2)nc2c1CCN(C(=O)c1ccoc1)CC2. The van der Waals surface area contributed by atoms with Crippen molar-refractivity contribution in [1.82, 2.24) is 14.9 Å². The van der Waals surface area contributed by atoms with Gasteiger partial charge in [-0.05, 0) is 37.8 Å². The molecule has 6 heteroatoms. The first kappa shape index (κ1) is 15.2. The molecule has 2 aromatic heterocycles. The number of rotatable bonds is 2. The van der Waals surface area contributed by atoms with Crippen molar-refractivity contribution in [2.45, 2.75) is 32.6 Å². The zero-order chi connectivity index (χ0) is 16.5. The molecule has 0 aromatic carbocycles. The van der Waals surface area contributed by atoms with Crippen molar-refractivity contribution in [1.29, 1.82) is 0 Å². The van der Waals surface area contributed by atoms with Gasteiger partial charge in [-0.3, -0.25) is 4.79 Å². The van der Waals surface area contributed by atoms with Crippen LogP contribution in [0.25, 0.3) is 0 Å². The summed E-state index contributed by atoms with van der Waals surface area (Å²) in [5.41, 5.74) is 3.98. The highest BCUT2D eigenvalue weighted by molar-refractivity contribution is 5.93. The number of carbonyl (C=O) groups excluding carboxylic acids is 1. The van der Waals surface area contributed by atoms with Crippen molar-refractivity contribution < 1.29 is 9.21 Å². The maximum atomic E-state index is 12.5. The highest BCUT2D eigenvalue weighted by atomic mass is 16.3. The minimum Gasteiger partial charge on any atom is -0.472 e. The molecule has 2 aliphatic rings. The van der Waals surface area contributed by atoms with Crippen LogP contribution in [-0.2, 0) is 12.8 Å². The zero-order valence-electron chi connectivity index (χ0n) is 14.0. The summed E-state index contributed by atoms with van der Waals surface area (Å²) in [5, 5.41) is 0. The maximum absolute atomic E-state index is 12.5. The largest absolute Gasteiger partial charge is 0.472 e. The Hall–Kier alpha value is -2.37. The van der Waals surface area contributed by atoms with Gasteiger partial charge >= 0.3 is 0 Å². The molecule has 0 unspecified atom stereocenters. The lowest BCUT2D eigenvalue weighted by molar-refractivity contribution is 0.0762. The number of hydrogen-bond donors (Lipinski definition) is 0. The van der Waals surface area contributed by atoms with Crippen LogP contribution in [-0.4, -0.2) is 47.0 Å². The van der Waals surface area contributed by atoms with Crippen LogP contribution >= 0.6 is 0 Å². The molecule has 6 nitrogen and oxygen atoms in total. The normalized spacial score (nSPS) is 17.7. The van der Waals surface area contributed by atoms with Crippen LogP contribution in [0.4, 0.5) is 5.95 Å². The Morgan fingerprint density at radius 3 is 2.67 bits per heavy atom. The summed E-state index contributed by atoms with van der Waals surface area (Å²) in [6.45, 7) is 5.54. The van der Waals surface area contributed by atoms with Gasteiger partial charge in [0.2, 0.25) is 5.95 Å². The second-order valence-electron chi connectivity index (χ2n) is 6.53. The summed E-state index contributed by atoms with van der Waals surface area (Å²) >= 11 is 0. The maximum Gasteiger partial charge on any atom is 0.257 e. The van der Waals surface area contributed by atoms with Gasteiger partial charge in [0.25, 0.3) is 5.91 Å². The van der Waals surface area contributed by atoms with Crippen molar-refractivity contribution in [3.63, 3.8) is 0 Å². The van der Waals surface area contributed by atoms with E-state index in [9.17, 15) is 4.79 Å². The highest BCUT2D eigenvalue weighted by Crippen LogP contribution is 2.23. The molecule has 1 fully saturated rings. The van der Waals surface area contributed by atoms with E-state index >= 15 is 0 Å². The molecule has 0 saturated carbocycles. The average Bonchev–Trinajstić information content (AvgIpc) is 3.25. The molecule has 24 heavy (non-hydrogen) atoms. The van der Waals surface area contributed by atoms with Gasteiger partial charge in [0.05, 0.1) is 17.5 Å². The van der Waals surface area contributed by atoms with Crippen LogP contribution in [0.1, 0.15) is 40.2 Å². The van der Waals surface area contributed by atoms with E-state index in [0.29, 0.717) is 18.7 Å².